The Bertz CT molecular complexity index is 728. The molecule has 116 valence electrons. The SMILES string of the molecule is Cc1ccccc1[P+](F)(c1ccccc1C)c1ccccc1C. The van der Waals surface area contributed by atoms with Gasteiger partial charge in [-0.15, -0.1) is 0 Å². The molecule has 0 heterocycles. The molecule has 0 aliphatic carbocycles. The van der Waals surface area contributed by atoms with Crippen molar-refractivity contribution in [3.8, 4) is 0 Å². The second-order valence-corrected chi connectivity index (χ2v) is 8.57. The highest BCUT2D eigenvalue weighted by molar-refractivity contribution is 7.91. The van der Waals surface area contributed by atoms with E-state index in [4.69, 9.17) is 0 Å². The van der Waals surface area contributed by atoms with Crippen molar-refractivity contribution < 1.29 is 4.20 Å². The summed E-state index contributed by atoms with van der Waals surface area (Å²) in [6, 6.07) is 23.6. The molecule has 3 rings (SSSR count). The van der Waals surface area contributed by atoms with Gasteiger partial charge in [0.2, 0.25) is 0 Å². The summed E-state index contributed by atoms with van der Waals surface area (Å²) in [4.78, 5) is 0. The van der Waals surface area contributed by atoms with Gasteiger partial charge in [-0.2, -0.15) is 0 Å². The lowest BCUT2D eigenvalue weighted by Gasteiger charge is -2.21. The largest absolute Gasteiger partial charge is 0.299 e. The molecular weight excluding hydrogens is 302 g/mol. The molecule has 3 aromatic rings. The Kier molecular flexibility index (Phi) is 4.33. The Hall–Kier alpha value is -1.98. The molecule has 0 radical (unpaired) electrons. The van der Waals surface area contributed by atoms with Crippen molar-refractivity contribution in [2.24, 2.45) is 0 Å². The predicted molar refractivity (Wildman–Crippen MR) is 100 cm³/mol. The maximum absolute atomic E-state index is 16.9. The molecule has 23 heavy (non-hydrogen) atoms. The smallest absolute Gasteiger partial charge is 0.0617 e. The second-order valence-electron chi connectivity index (χ2n) is 5.95. The normalized spacial score (nSPS) is 11.5. The first kappa shape index (κ1) is 15.9. The van der Waals surface area contributed by atoms with Crippen LogP contribution in [0.3, 0.4) is 0 Å². The fourth-order valence-corrected chi connectivity index (χ4v) is 6.45. The van der Waals surface area contributed by atoms with Gasteiger partial charge in [0.25, 0.3) is 7.57 Å². The Balaban J connectivity index is 2.38. The fourth-order valence-electron chi connectivity index (χ4n) is 3.12. The Morgan fingerprint density at radius 3 is 1.04 bits per heavy atom. The fraction of sp³-hybridized carbons (Fsp3) is 0.143. The molecular formula is C21H21FP+. The molecule has 0 fully saturated rings. The van der Waals surface area contributed by atoms with Gasteiger partial charge in [0, 0.05) is 0 Å². The molecule has 0 amide bonds. The molecule has 0 nitrogen and oxygen atoms in total. The van der Waals surface area contributed by atoms with Crippen LogP contribution in [0.4, 0.5) is 4.20 Å². The molecule has 0 aliphatic rings. The highest BCUT2D eigenvalue weighted by atomic mass is 31.2. The Morgan fingerprint density at radius 2 is 0.783 bits per heavy atom. The van der Waals surface area contributed by atoms with E-state index in [9.17, 15) is 0 Å². The molecule has 0 saturated carbocycles. The van der Waals surface area contributed by atoms with Gasteiger partial charge in [0.1, 0.15) is 15.9 Å². The van der Waals surface area contributed by atoms with Gasteiger partial charge in [-0.05, 0) is 59.9 Å². The molecule has 0 atom stereocenters. The third kappa shape index (κ3) is 2.71. The van der Waals surface area contributed by atoms with E-state index >= 15 is 4.20 Å². The van der Waals surface area contributed by atoms with Gasteiger partial charge < -0.3 is 0 Å². The molecule has 0 aliphatic heterocycles. The average Bonchev–Trinajstić information content (AvgIpc) is 2.55. The molecule has 3 aromatic carbocycles. The zero-order chi connectivity index (χ0) is 16.4. The van der Waals surface area contributed by atoms with E-state index in [-0.39, 0.29) is 0 Å². The van der Waals surface area contributed by atoms with E-state index in [0.29, 0.717) is 0 Å². The minimum atomic E-state index is -3.14. The van der Waals surface area contributed by atoms with Crippen molar-refractivity contribution in [1.82, 2.24) is 0 Å². The summed E-state index contributed by atoms with van der Waals surface area (Å²) in [5.74, 6) is 0. The lowest BCUT2D eigenvalue weighted by Crippen LogP contribution is -2.32. The monoisotopic (exact) mass is 323 g/mol. The van der Waals surface area contributed by atoms with Crippen molar-refractivity contribution in [3.05, 3.63) is 89.5 Å². The van der Waals surface area contributed by atoms with Crippen LogP contribution >= 0.6 is 7.57 Å². The third-order valence-electron chi connectivity index (χ3n) is 4.34. The van der Waals surface area contributed by atoms with Crippen LogP contribution in [0.25, 0.3) is 0 Å². The van der Waals surface area contributed by atoms with E-state index in [0.717, 1.165) is 32.6 Å². The van der Waals surface area contributed by atoms with Crippen LogP contribution in [0.15, 0.2) is 72.8 Å². The second kappa shape index (κ2) is 6.26. The highest BCUT2D eigenvalue weighted by Gasteiger charge is 2.50. The lowest BCUT2D eigenvalue weighted by atomic mass is 10.2. The zero-order valence-electron chi connectivity index (χ0n) is 13.8. The van der Waals surface area contributed by atoms with E-state index in [1.807, 2.05) is 93.6 Å². The summed E-state index contributed by atoms with van der Waals surface area (Å²) in [7, 11) is -3.14. The standard InChI is InChI=1S/C21H21FP/c1-16-10-4-7-13-19(16)23(22,20-14-8-5-11-17(20)2)21-15-9-6-12-18(21)3/h4-15H,1-3H3/q+1. The summed E-state index contributed by atoms with van der Waals surface area (Å²) in [6.07, 6.45) is 0. The quantitative estimate of drug-likeness (QED) is 0.608. The van der Waals surface area contributed by atoms with Crippen molar-refractivity contribution >= 4 is 23.5 Å². The summed E-state index contributed by atoms with van der Waals surface area (Å²) in [6.45, 7) is 6.00. The van der Waals surface area contributed by atoms with Crippen molar-refractivity contribution in [2.75, 3.05) is 0 Å². The summed E-state index contributed by atoms with van der Waals surface area (Å²) in [5.41, 5.74) is 3.03. The van der Waals surface area contributed by atoms with Crippen LogP contribution in [0.5, 0.6) is 0 Å². The highest BCUT2D eigenvalue weighted by Crippen LogP contribution is 2.58. The van der Waals surface area contributed by atoms with Gasteiger partial charge in [-0.1, -0.05) is 54.6 Å². The van der Waals surface area contributed by atoms with Gasteiger partial charge in [-0.3, -0.25) is 0 Å². The maximum Gasteiger partial charge on any atom is 0.299 e. The third-order valence-corrected chi connectivity index (χ3v) is 7.84. The van der Waals surface area contributed by atoms with Crippen molar-refractivity contribution in [3.63, 3.8) is 0 Å². The van der Waals surface area contributed by atoms with E-state index in [1.54, 1.807) is 0 Å². The molecule has 0 bridgehead atoms. The molecule has 0 spiro atoms. The first-order valence-electron chi connectivity index (χ1n) is 7.82. The number of rotatable bonds is 3. The minimum Gasteiger partial charge on any atom is -0.0617 e. The van der Waals surface area contributed by atoms with Crippen molar-refractivity contribution in [2.45, 2.75) is 20.8 Å². The number of aryl methyl sites for hydroxylation is 3. The molecule has 0 unspecified atom stereocenters. The number of hydrogen-bond acceptors (Lipinski definition) is 0. The first-order chi connectivity index (χ1) is 11.0. The zero-order valence-corrected chi connectivity index (χ0v) is 14.6. The number of benzene rings is 3. The molecule has 2 heteroatoms. The van der Waals surface area contributed by atoms with E-state index in [1.165, 1.54) is 0 Å². The number of halogens is 1. The van der Waals surface area contributed by atoms with Crippen LogP contribution in [0.1, 0.15) is 16.7 Å². The Morgan fingerprint density at radius 1 is 0.522 bits per heavy atom. The summed E-state index contributed by atoms with van der Waals surface area (Å²) in [5, 5.41) is 2.47. The summed E-state index contributed by atoms with van der Waals surface area (Å²) < 4.78 is 16.9. The van der Waals surface area contributed by atoms with Gasteiger partial charge in [-0.25, -0.2) is 0 Å². The average molecular weight is 323 g/mol. The lowest BCUT2D eigenvalue weighted by molar-refractivity contribution is 0.899. The van der Waals surface area contributed by atoms with Crippen LogP contribution in [-0.2, 0) is 0 Å². The van der Waals surface area contributed by atoms with Crippen LogP contribution < -0.4 is 15.9 Å². The van der Waals surface area contributed by atoms with Crippen molar-refractivity contribution in [1.29, 1.82) is 0 Å². The summed E-state index contributed by atoms with van der Waals surface area (Å²) >= 11 is 0. The van der Waals surface area contributed by atoms with E-state index in [2.05, 4.69) is 0 Å². The van der Waals surface area contributed by atoms with Crippen LogP contribution in [0.2, 0.25) is 0 Å². The first-order valence-corrected chi connectivity index (χ1v) is 9.50. The molecule has 0 N–H and O–H groups in total. The van der Waals surface area contributed by atoms with Crippen LogP contribution in [0, 0.1) is 20.8 Å². The van der Waals surface area contributed by atoms with Gasteiger partial charge >= 0.3 is 0 Å². The number of hydrogen-bond donors (Lipinski definition) is 0. The van der Waals surface area contributed by atoms with Gasteiger partial charge in [0.15, 0.2) is 0 Å². The van der Waals surface area contributed by atoms with Gasteiger partial charge in [0.05, 0.1) is 0 Å². The Labute approximate surface area is 138 Å². The minimum absolute atomic E-state index is 0.823. The topological polar surface area (TPSA) is 0 Å². The molecule has 0 aromatic heterocycles. The maximum atomic E-state index is 16.9. The predicted octanol–water partition coefficient (Wildman–Crippen LogP) is 4.79. The van der Waals surface area contributed by atoms with Crippen LogP contribution in [-0.4, -0.2) is 0 Å². The van der Waals surface area contributed by atoms with E-state index < -0.39 is 7.57 Å². The molecule has 0 saturated heterocycles.